The Morgan fingerprint density at radius 2 is 2.13 bits per heavy atom. The minimum absolute atomic E-state index is 0.175. The Kier molecular flexibility index (Phi) is 4.84. The predicted octanol–water partition coefficient (Wildman–Crippen LogP) is 1.08. The number of hydrogen-bond acceptors (Lipinski definition) is 3. The number of amides is 1. The molecule has 1 aromatic carbocycles. The number of nitrogens with one attached hydrogen (secondary N) is 1. The molecule has 1 unspecified atom stereocenters. The van der Waals surface area contributed by atoms with E-state index in [1.165, 1.54) is 0 Å². The third-order valence-electron chi connectivity index (χ3n) is 1.82. The van der Waals surface area contributed by atoms with Gasteiger partial charge in [-0.1, -0.05) is 12.1 Å². The van der Waals surface area contributed by atoms with Gasteiger partial charge in [0, 0.05) is 34.2 Å². The Hall–Kier alpha value is -0.810. The van der Waals surface area contributed by atoms with Crippen molar-refractivity contribution in [1.29, 1.82) is 0 Å². The third-order valence-corrected chi connectivity index (χ3v) is 2.99. The summed E-state index contributed by atoms with van der Waals surface area (Å²) >= 11 is 4.18. The van der Waals surface area contributed by atoms with Crippen LogP contribution in [0, 0.1) is 0 Å². The molecule has 0 saturated carbocycles. The van der Waals surface area contributed by atoms with E-state index in [9.17, 15) is 9.00 Å². The number of carbonyl (C=O) groups excluding carboxylic acids is 1. The first-order chi connectivity index (χ1) is 7.11. The normalized spacial score (nSPS) is 12.1. The molecular weight excluding hydrogens is 230 g/mol. The molecule has 1 N–H and O–H groups in total. The molecule has 1 atom stereocenters. The second-order valence-corrected chi connectivity index (χ2v) is 5.09. The Bertz CT molecular complexity index is 379. The van der Waals surface area contributed by atoms with Gasteiger partial charge in [-0.3, -0.25) is 9.00 Å². The fourth-order valence-electron chi connectivity index (χ4n) is 1.07. The van der Waals surface area contributed by atoms with Crippen molar-refractivity contribution in [2.45, 2.75) is 4.90 Å². The van der Waals surface area contributed by atoms with Gasteiger partial charge < -0.3 is 5.32 Å². The molecule has 1 rings (SSSR count). The number of hydrogen-bond donors (Lipinski definition) is 2. The summed E-state index contributed by atoms with van der Waals surface area (Å²) in [7, 11) is -0.878. The van der Waals surface area contributed by atoms with Gasteiger partial charge in [-0.05, 0) is 12.1 Å². The van der Waals surface area contributed by atoms with Crippen LogP contribution in [0.3, 0.4) is 0 Å². The van der Waals surface area contributed by atoms with Crippen molar-refractivity contribution in [3.63, 3.8) is 0 Å². The van der Waals surface area contributed by atoms with Crippen molar-refractivity contribution in [2.24, 2.45) is 0 Å². The molecule has 1 aromatic rings. The van der Waals surface area contributed by atoms with E-state index in [4.69, 9.17) is 0 Å². The van der Waals surface area contributed by atoms with Crippen LogP contribution in [0.25, 0.3) is 0 Å². The van der Waals surface area contributed by atoms with Gasteiger partial charge >= 0.3 is 0 Å². The summed E-state index contributed by atoms with van der Waals surface area (Å²) in [5, 5.41) is 2.69. The van der Waals surface area contributed by atoms with Crippen LogP contribution in [0.4, 0.5) is 0 Å². The highest BCUT2D eigenvalue weighted by Crippen LogP contribution is 2.12. The van der Waals surface area contributed by atoms with E-state index in [1.54, 1.807) is 24.5 Å². The summed E-state index contributed by atoms with van der Waals surface area (Å²) in [6.45, 7) is 0.421. The van der Waals surface area contributed by atoms with Crippen LogP contribution in [0.2, 0.25) is 0 Å². The van der Waals surface area contributed by atoms with Crippen molar-refractivity contribution in [3.05, 3.63) is 29.8 Å². The second-order valence-electron chi connectivity index (χ2n) is 3.05. The van der Waals surface area contributed by atoms with Crippen LogP contribution in [-0.4, -0.2) is 28.7 Å². The summed E-state index contributed by atoms with van der Waals surface area (Å²) in [6, 6.07) is 7.07. The summed E-state index contributed by atoms with van der Waals surface area (Å²) in [5.74, 6) is 0.298. The second kappa shape index (κ2) is 5.92. The van der Waals surface area contributed by atoms with Gasteiger partial charge in [0.1, 0.15) is 0 Å². The fraction of sp³-hybridized carbons (Fsp3) is 0.300. The van der Waals surface area contributed by atoms with E-state index in [-0.39, 0.29) is 5.91 Å². The molecule has 0 aliphatic rings. The molecule has 0 aromatic heterocycles. The Labute approximate surface area is 97.1 Å². The molecule has 82 valence electrons. The molecule has 0 spiro atoms. The maximum atomic E-state index is 11.6. The monoisotopic (exact) mass is 243 g/mol. The van der Waals surface area contributed by atoms with Crippen LogP contribution in [0.5, 0.6) is 0 Å². The Morgan fingerprint density at radius 1 is 1.47 bits per heavy atom. The maximum absolute atomic E-state index is 11.6. The largest absolute Gasteiger partial charge is 0.351 e. The van der Waals surface area contributed by atoms with Gasteiger partial charge in [0.15, 0.2) is 0 Å². The number of benzene rings is 1. The molecule has 0 aliphatic carbocycles. The summed E-state index contributed by atoms with van der Waals surface area (Å²) < 4.78 is 10.8. The van der Waals surface area contributed by atoms with Gasteiger partial charge in [0.2, 0.25) is 0 Å². The van der Waals surface area contributed by atoms with Crippen molar-refractivity contribution >= 4 is 29.3 Å². The van der Waals surface area contributed by atoms with Gasteiger partial charge in [-0.2, -0.15) is 0 Å². The molecule has 1 amide bonds. The molecule has 5 heteroatoms. The van der Waals surface area contributed by atoms with E-state index >= 15 is 0 Å². The van der Waals surface area contributed by atoms with Crippen LogP contribution in [0.1, 0.15) is 10.4 Å². The molecule has 0 bridgehead atoms. The van der Waals surface area contributed by atoms with E-state index in [0.717, 1.165) is 0 Å². The highest BCUT2D eigenvalue weighted by molar-refractivity contribution is 7.84. The lowest BCUT2D eigenvalue weighted by Crippen LogP contribution is -2.27. The zero-order valence-electron chi connectivity index (χ0n) is 8.40. The van der Waals surface area contributed by atoms with E-state index < -0.39 is 10.8 Å². The molecule has 0 fully saturated rings. The smallest absolute Gasteiger partial charge is 0.252 e. The Balaban J connectivity index is 2.54. The average Bonchev–Trinajstić information content (AvgIpc) is 2.17. The quantitative estimate of drug-likeness (QED) is 0.777. The van der Waals surface area contributed by atoms with E-state index in [0.29, 0.717) is 22.8 Å². The third kappa shape index (κ3) is 4.05. The topological polar surface area (TPSA) is 46.2 Å². The van der Waals surface area contributed by atoms with Crippen LogP contribution < -0.4 is 5.32 Å². The summed E-state index contributed by atoms with van der Waals surface area (Å²) in [5.41, 5.74) is 0.544. The van der Waals surface area contributed by atoms with Crippen LogP contribution in [0.15, 0.2) is 29.2 Å². The van der Waals surface area contributed by atoms with Gasteiger partial charge in [0.25, 0.3) is 5.91 Å². The first-order valence-electron chi connectivity index (χ1n) is 4.47. The lowest BCUT2D eigenvalue weighted by Gasteiger charge is -2.05. The number of carbonyl (C=O) groups is 1. The van der Waals surface area contributed by atoms with Crippen LogP contribution in [-0.2, 0) is 10.8 Å². The molecule has 3 nitrogen and oxygen atoms in total. The van der Waals surface area contributed by atoms with Gasteiger partial charge in [-0.15, -0.1) is 12.6 Å². The van der Waals surface area contributed by atoms with Crippen LogP contribution >= 0.6 is 12.6 Å². The highest BCUT2D eigenvalue weighted by Gasteiger charge is 2.07. The highest BCUT2D eigenvalue weighted by atomic mass is 32.2. The standard InChI is InChI=1S/C10H13NO2S2/c1-15(13)7-6-11-10(12)8-4-2-3-5-9(8)14/h2-5,14H,6-7H2,1H3,(H,11,12). The Morgan fingerprint density at radius 3 is 2.73 bits per heavy atom. The minimum Gasteiger partial charge on any atom is -0.351 e. The zero-order valence-corrected chi connectivity index (χ0v) is 10.1. The first kappa shape index (κ1) is 12.3. The predicted molar refractivity (Wildman–Crippen MR) is 65.0 cm³/mol. The minimum atomic E-state index is -0.878. The fourth-order valence-corrected chi connectivity index (χ4v) is 1.72. The zero-order chi connectivity index (χ0) is 11.3. The lowest BCUT2D eigenvalue weighted by atomic mass is 10.2. The SMILES string of the molecule is CS(=O)CCNC(=O)c1ccccc1S. The molecular formula is C10H13NO2S2. The average molecular weight is 243 g/mol. The molecule has 0 saturated heterocycles. The maximum Gasteiger partial charge on any atom is 0.252 e. The van der Waals surface area contributed by atoms with E-state index in [2.05, 4.69) is 17.9 Å². The lowest BCUT2D eigenvalue weighted by molar-refractivity contribution is 0.0953. The molecule has 15 heavy (non-hydrogen) atoms. The summed E-state index contributed by atoms with van der Waals surface area (Å²) in [4.78, 5) is 12.2. The molecule has 0 heterocycles. The van der Waals surface area contributed by atoms with Crippen molar-refractivity contribution in [3.8, 4) is 0 Å². The van der Waals surface area contributed by atoms with Gasteiger partial charge in [-0.25, -0.2) is 0 Å². The van der Waals surface area contributed by atoms with Crippen molar-refractivity contribution in [2.75, 3.05) is 18.6 Å². The van der Waals surface area contributed by atoms with E-state index in [1.807, 2.05) is 6.07 Å². The summed E-state index contributed by atoms with van der Waals surface area (Å²) in [6.07, 6.45) is 1.61. The number of thiol groups is 1. The number of rotatable bonds is 4. The molecule has 0 radical (unpaired) electrons. The van der Waals surface area contributed by atoms with Crippen molar-refractivity contribution < 1.29 is 9.00 Å². The molecule has 0 aliphatic heterocycles. The van der Waals surface area contributed by atoms with Gasteiger partial charge in [0.05, 0.1) is 5.56 Å². The van der Waals surface area contributed by atoms with Crippen molar-refractivity contribution in [1.82, 2.24) is 5.32 Å². The first-order valence-corrected chi connectivity index (χ1v) is 6.65.